The van der Waals surface area contributed by atoms with Gasteiger partial charge in [-0.05, 0) is 70.2 Å². The number of ketones is 1. The maximum Gasteiger partial charge on any atom is 0.331 e. The Labute approximate surface area is 284 Å². The van der Waals surface area contributed by atoms with E-state index in [1.165, 1.54) is 0 Å². The predicted octanol–water partition coefficient (Wildman–Crippen LogP) is 7.32. The molecule has 3 aliphatic carbocycles. The SMILES string of the molecule is CC[C@]1(C)C[C@@H](OC(=O)CO[Si](c2ccccc2)(c2ccccc2)C(C)(C)C)[C@@]2(C)C3C(=O)CC[C@@]3(CC[C@H]2C)[C@@H](C)C1OCOC. The minimum Gasteiger partial charge on any atom is -0.460 e. The normalized spacial score (nSPS) is 34.3. The highest BCUT2D eigenvalue weighted by Gasteiger charge is 2.68. The van der Waals surface area contributed by atoms with Gasteiger partial charge in [-0.3, -0.25) is 4.79 Å². The molecular weight excluding hydrogens is 605 g/mol. The number of Topliss-reactive ketones (excluding diaryl/α,β-unsaturated/α-hetero) is 1. The summed E-state index contributed by atoms with van der Waals surface area (Å²) in [4.78, 5) is 28.3. The summed E-state index contributed by atoms with van der Waals surface area (Å²) >= 11 is 0. The number of hydrogen-bond acceptors (Lipinski definition) is 6. The number of ether oxygens (including phenoxy) is 3. The Bertz CT molecular complexity index is 1350. The molecule has 2 aromatic carbocycles. The van der Waals surface area contributed by atoms with Crippen LogP contribution in [-0.2, 0) is 28.2 Å². The number of benzene rings is 2. The summed E-state index contributed by atoms with van der Waals surface area (Å²) in [6.45, 7) is 18.0. The van der Waals surface area contributed by atoms with Crippen molar-refractivity contribution in [2.24, 2.45) is 34.0 Å². The summed E-state index contributed by atoms with van der Waals surface area (Å²) in [6.07, 6.45) is 4.33. The van der Waals surface area contributed by atoms with Crippen LogP contribution in [0.4, 0.5) is 0 Å². The highest BCUT2D eigenvalue weighted by Crippen LogP contribution is 2.68. The van der Waals surface area contributed by atoms with Gasteiger partial charge in [-0.25, -0.2) is 4.79 Å². The lowest BCUT2D eigenvalue weighted by Crippen LogP contribution is -2.67. The molecular formula is C40H58O6Si. The van der Waals surface area contributed by atoms with E-state index in [0.717, 1.165) is 36.1 Å². The number of methoxy groups -OCH3 is 1. The van der Waals surface area contributed by atoms with Gasteiger partial charge in [0, 0.05) is 24.9 Å². The Kier molecular flexibility index (Phi) is 10.4. The largest absolute Gasteiger partial charge is 0.460 e. The van der Waals surface area contributed by atoms with Crippen LogP contribution in [0.1, 0.15) is 93.9 Å². The standard InChI is InChI=1S/C40H58O6Si/c1-10-38(7)25-33(39(8)28(2)21-23-40(24-22-32(41)35(39)40)29(3)36(38)44-27-43-9)46-34(42)26-45-47(37(4,5)6,30-17-13-11-14-18-30)31-19-15-12-16-20-31/h11-20,28-29,33,35-36H,10,21-27H2,1-9H3/t28-,29+,33-,35?,36?,38-,39+,40+/m1/s1. The first-order valence-corrected chi connectivity index (χ1v) is 19.7. The maximum atomic E-state index is 14.3. The third-order valence-corrected chi connectivity index (χ3v) is 18.1. The van der Waals surface area contributed by atoms with E-state index in [0.29, 0.717) is 18.6 Å². The second-order valence-corrected chi connectivity index (χ2v) is 20.7. The van der Waals surface area contributed by atoms with Crippen molar-refractivity contribution in [3.8, 4) is 0 Å². The van der Waals surface area contributed by atoms with Gasteiger partial charge in [0.1, 0.15) is 25.3 Å². The van der Waals surface area contributed by atoms with E-state index in [1.54, 1.807) is 7.11 Å². The topological polar surface area (TPSA) is 71.1 Å². The Morgan fingerprint density at radius 3 is 2.09 bits per heavy atom. The first-order chi connectivity index (χ1) is 22.2. The highest BCUT2D eigenvalue weighted by molar-refractivity contribution is 6.99. The fourth-order valence-corrected chi connectivity index (χ4v) is 14.8. The number of hydrogen-bond donors (Lipinski definition) is 0. The molecule has 3 fully saturated rings. The molecule has 5 rings (SSSR count). The van der Waals surface area contributed by atoms with Crippen molar-refractivity contribution in [2.75, 3.05) is 20.5 Å². The summed E-state index contributed by atoms with van der Waals surface area (Å²) in [6, 6.07) is 20.8. The quantitative estimate of drug-likeness (QED) is 0.151. The van der Waals surface area contributed by atoms with Crippen LogP contribution >= 0.6 is 0 Å². The van der Waals surface area contributed by atoms with Crippen LogP contribution in [0.15, 0.2) is 60.7 Å². The predicted molar refractivity (Wildman–Crippen MR) is 189 cm³/mol. The smallest absolute Gasteiger partial charge is 0.331 e. The maximum absolute atomic E-state index is 14.3. The van der Waals surface area contributed by atoms with Gasteiger partial charge in [-0.1, -0.05) is 116 Å². The first-order valence-electron chi connectivity index (χ1n) is 17.8. The second-order valence-electron chi connectivity index (χ2n) is 16.4. The zero-order chi connectivity index (χ0) is 34.3. The van der Waals surface area contributed by atoms with Crippen LogP contribution in [0, 0.1) is 34.0 Å². The van der Waals surface area contributed by atoms with Gasteiger partial charge in [-0.15, -0.1) is 0 Å². The first kappa shape index (κ1) is 36.0. The zero-order valence-corrected chi connectivity index (χ0v) is 31.3. The van der Waals surface area contributed by atoms with E-state index < -0.39 is 19.8 Å². The van der Waals surface area contributed by atoms with Crippen molar-refractivity contribution in [1.82, 2.24) is 0 Å². The second kappa shape index (κ2) is 13.5. The Hall–Kier alpha value is -2.32. The van der Waals surface area contributed by atoms with Gasteiger partial charge >= 0.3 is 5.97 Å². The number of carbonyl (C=O) groups excluding carboxylic acids is 2. The van der Waals surface area contributed by atoms with E-state index in [9.17, 15) is 9.59 Å². The third-order valence-electron chi connectivity index (χ3n) is 13.1. The third kappa shape index (κ3) is 5.98. The monoisotopic (exact) mass is 662 g/mol. The lowest BCUT2D eigenvalue weighted by atomic mass is 9.43. The number of esters is 1. The number of rotatable bonds is 10. The number of carbonyl (C=O) groups is 2. The molecule has 3 saturated carbocycles. The molecule has 0 N–H and O–H groups in total. The molecule has 0 aromatic heterocycles. The van der Waals surface area contributed by atoms with Crippen molar-refractivity contribution < 1.29 is 28.2 Å². The molecule has 0 amide bonds. The molecule has 3 aliphatic rings. The molecule has 0 saturated heterocycles. The molecule has 0 spiro atoms. The van der Waals surface area contributed by atoms with Crippen molar-refractivity contribution >= 4 is 30.4 Å². The summed E-state index contributed by atoms with van der Waals surface area (Å²) in [5, 5.41) is 1.98. The van der Waals surface area contributed by atoms with Gasteiger partial charge in [-0.2, -0.15) is 0 Å². The van der Waals surface area contributed by atoms with E-state index in [1.807, 2.05) is 36.4 Å². The van der Waals surface area contributed by atoms with Crippen molar-refractivity contribution in [3.05, 3.63) is 60.7 Å². The Morgan fingerprint density at radius 1 is 0.957 bits per heavy atom. The molecule has 0 aliphatic heterocycles. The van der Waals surface area contributed by atoms with Crippen LogP contribution < -0.4 is 10.4 Å². The minimum absolute atomic E-state index is 0.131. The molecule has 7 heteroatoms. The lowest BCUT2D eigenvalue weighted by Gasteiger charge is -2.62. The Balaban J connectivity index is 1.54. The molecule has 258 valence electrons. The van der Waals surface area contributed by atoms with Crippen molar-refractivity contribution in [1.29, 1.82) is 0 Å². The average molecular weight is 663 g/mol. The molecule has 6 nitrogen and oxygen atoms in total. The minimum atomic E-state index is -2.95. The zero-order valence-electron chi connectivity index (χ0n) is 30.3. The van der Waals surface area contributed by atoms with Gasteiger partial charge < -0.3 is 18.6 Å². The van der Waals surface area contributed by atoms with E-state index in [2.05, 4.69) is 79.7 Å². The van der Waals surface area contributed by atoms with Crippen LogP contribution in [-0.4, -0.2) is 52.8 Å². The lowest BCUT2D eigenvalue weighted by molar-refractivity contribution is -0.231. The molecule has 2 aromatic rings. The van der Waals surface area contributed by atoms with Crippen LogP contribution in [0.25, 0.3) is 0 Å². The fraction of sp³-hybridized carbons (Fsp3) is 0.650. The van der Waals surface area contributed by atoms with E-state index >= 15 is 0 Å². The van der Waals surface area contributed by atoms with E-state index in [4.69, 9.17) is 18.6 Å². The molecule has 2 unspecified atom stereocenters. The fourth-order valence-electron chi connectivity index (χ4n) is 10.3. The highest BCUT2D eigenvalue weighted by atomic mass is 28.4. The van der Waals surface area contributed by atoms with Crippen molar-refractivity contribution in [3.63, 3.8) is 0 Å². The molecule has 0 radical (unpaired) electrons. The molecule has 2 bridgehead atoms. The van der Waals surface area contributed by atoms with Crippen LogP contribution in [0.2, 0.25) is 5.04 Å². The molecule has 8 atom stereocenters. The molecule has 0 heterocycles. The summed E-state index contributed by atoms with van der Waals surface area (Å²) in [5.41, 5.74) is -0.969. The summed E-state index contributed by atoms with van der Waals surface area (Å²) in [7, 11) is -1.29. The van der Waals surface area contributed by atoms with Gasteiger partial charge in [0.05, 0.1) is 6.10 Å². The Morgan fingerprint density at radius 2 is 1.55 bits per heavy atom. The summed E-state index contributed by atoms with van der Waals surface area (Å²) < 4.78 is 25.8. The van der Waals surface area contributed by atoms with Crippen LogP contribution in [0.5, 0.6) is 0 Å². The van der Waals surface area contributed by atoms with Gasteiger partial charge in [0.25, 0.3) is 8.32 Å². The summed E-state index contributed by atoms with van der Waals surface area (Å²) in [5.74, 6) is 0.170. The van der Waals surface area contributed by atoms with Crippen LogP contribution in [0.3, 0.4) is 0 Å². The van der Waals surface area contributed by atoms with Gasteiger partial charge in [0.15, 0.2) is 0 Å². The average Bonchev–Trinajstić information content (AvgIpc) is 3.41. The van der Waals surface area contributed by atoms with Crippen molar-refractivity contribution in [2.45, 2.75) is 111 Å². The van der Waals surface area contributed by atoms with Gasteiger partial charge in [0.2, 0.25) is 0 Å². The van der Waals surface area contributed by atoms with E-state index in [-0.39, 0.29) is 59.1 Å². The molecule has 47 heavy (non-hydrogen) atoms.